The lowest BCUT2D eigenvalue weighted by Gasteiger charge is -2.36. The maximum Gasteiger partial charge on any atom is 0.132 e. The summed E-state index contributed by atoms with van der Waals surface area (Å²) in [6, 6.07) is 39.6. The van der Waals surface area contributed by atoms with Gasteiger partial charge in [-0.05, 0) is 22.8 Å². The van der Waals surface area contributed by atoms with Gasteiger partial charge in [-0.1, -0.05) is 115 Å². The summed E-state index contributed by atoms with van der Waals surface area (Å²) in [6.45, 7) is 0. The van der Waals surface area contributed by atoms with Gasteiger partial charge in [0, 0.05) is 18.1 Å². The van der Waals surface area contributed by atoms with Crippen molar-refractivity contribution < 1.29 is 0 Å². The van der Waals surface area contributed by atoms with Gasteiger partial charge in [-0.25, -0.2) is 4.98 Å². The molecule has 0 unspecified atom stereocenters. The molecule has 0 spiro atoms. The van der Waals surface area contributed by atoms with Crippen molar-refractivity contribution in [3.8, 4) is 5.69 Å². The Morgan fingerprint density at radius 1 is 0.581 bits per heavy atom. The second kappa shape index (κ2) is 8.12. The van der Waals surface area contributed by atoms with Gasteiger partial charge in [0.15, 0.2) is 0 Å². The third-order valence-electron chi connectivity index (χ3n) is 5.79. The second-order valence-electron chi connectivity index (χ2n) is 7.53. The normalized spacial score (nSPS) is 11.4. The number of rotatable bonds is 5. The quantitative estimate of drug-likeness (QED) is 0.300. The fourth-order valence-corrected chi connectivity index (χ4v) is 4.43. The highest BCUT2D eigenvalue weighted by atomic mass is 15.1. The topological polar surface area (TPSA) is 17.8 Å². The Hall–Kier alpha value is -3.85. The lowest BCUT2D eigenvalue weighted by atomic mass is 9.68. The molecule has 0 atom stereocenters. The first kappa shape index (κ1) is 19.1. The number of para-hydroxylation sites is 1. The molecule has 31 heavy (non-hydrogen) atoms. The van der Waals surface area contributed by atoms with E-state index in [0.29, 0.717) is 5.46 Å². The van der Waals surface area contributed by atoms with Crippen LogP contribution in [0.1, 0.15) is 22.5 Å². The first-order chi connectivity index (χ1) is 15.3. The van der Waals surface area contributed by atoms with E-state index in [1.807, 2.05) is 54.9 Å². The average molecular weight is 396 g/mol. The number of hydrogen-bond acceptors (Lipinski definition) is 1. The van der Waals surface area contributed by atoms with E-state index in [9.17, 15) is 0 Å². The van der Waals surface area contributed by atoms with E-state index in [-0.39, 0.29) is 0 Å². The zero-order valence-corrected chi connectivity index (χ0v) is 17.1. The minimum Gasteiger partial charge on any atom is -0.303 e. The van der Waals surface area contributed by atoms with Gasteiger partial charge < -0.3 is 4.57 Å². The number of benzene rings is 4. The molecule has 0 aliphatic carbocycles. The van der Waals surface area contributed by atoms with Crippen molar-refractivity contribution in [1.82, 2.24) is 9.55 Å². The lowest BCUT2D eigenvalue weighted by Crippen LogP contribution is -2.34. The summed E-state index contributed by atoms with van der Waals surface area (Å²) >= 11 is 0. The number of nitrogens with zero attached hydrogens (tertiary/aromatic N) is 2. The van der Waals surface area contributed by atoms with Gasteiger partial charge in [0.1, 0.15) is 19.1 Å². The third kappa shape index (κ3) is 3.19. The Kier molecular flexibility index (Phi) is 5.01. The highest BCUT2D eigenvalue weighted by Gasteiger charge is 2.42. The molecule has 4 aromatic carbocycles. The lowest BCUT2D eigenvalue weighted by molar-refractivity contribution is 0.665. The molecule has 2 nitrogen and oxygen atoms in total. The van der Waals surface area contributed by atoms with Crippen LogP contribution in [0.5, 0.6) is 0 Å². The third-order valence-corrected chi connectivity index (χ3v) is 5.79. The van der Waals surface area contributed by atoms with Crippen LogP contribution in [0, 0.1) is 0 Å². The Morgan fingerprint density at radius 3 is 1.52 bits per heavy atom. The van der Waals surface area contributed by atoms with Gasteiger partial charge in [-0.15, -0.1) is 0 Å². The first-order valence-electron chi connectivity index (χ1n) is 10.4. The number of aromatic nitrogens is 2. The highest BCUT2D eigenvalue weighted by Crippen LogP contribution is 2.44. The molecule has 0 aliphatic rings. The maximum absolute atomic E-state index is 6.39. The summed E-state index contributed by atoms with van der Waals surface area (Å²) in [7, 11) is 6.39. The summed E-state index contributed by atoms with van der Waals surface area (Å²) in [5, 5.41) is 0. The smallest absolute Gasteiger partial charge is 0.132 e. The molecule has 0 aliphatic heterocycles. The van der Waals surface area contributed by atoms with Crippen molar-refractivity contribution in [3.63, 3.8) is 0 Å². The minimum absolute atomic E-state index is 0.616. The van der Waals surface area contributed by atoms with Gasteiger partial charge in [0.05, 0.1) is 0 Å². The molecule has 3 heteroatoms. The Bertz CT molecular complexity index is 1180. The molecule has 0 amide bonds. The van der Waals surface area contributed by atoms with E-state index in [2.05, 4.69) is 77.4 Å². The Morgan fingerprint density at radius 2 is 1.03 bits per heavy atom. The van der Waals surface area contributed by atoms with Crippen LogP contribution in [0.3, 0.4) is 0 Å². The summed E-state index contributed by atoms with van der Waals surface area (Å²) in [4.78, 5) is 4.94. The van der Waals surface area contributed by atoms with Crippen molar-refractivity contribution in [2.75, 3.05) is 0 Å². The SMILES string of the molecule is [B]c1ccccc1-n1ccnc1C(c1ccccc1)(c1ccccc1)c1ccccc1. The highest BCUT2D eigenvalue weighted by molar-refractivity contribution is 6.34. The van der Waals surface area contributed by atoms with Crippen LogP contribution < -0.4 is 5.46 Å². The van der Waals surface area contributed by atoms with Crippen molar-refractivity contribution in [2.45, 2.75) is 5.41 Å². The van der Waals surface area contributed by atoms with Crippen molar-refractivity contribution in [3.05, 3.63) is 150 Å². The molecule has 0 fully saturated rings. The maximum atomic E-state index is 6.39. The Labute approximate surface area is 184 Å². The summed E-state index contributed by atoms with van der Waals surface area (Å²) < 4.78 is 2.11. The molecule has 5 rings (SSSR count). The summed E-state index contributed by atoms with van der Waals surface area (Å²) in [5.74, 6) is 0.897. The van der Waals surface area contributed by atoms with Crippen LogP contribution in [0.15, 0.2) is 128 Å². The van der Waals surface area contributed by atoms with E-state index in [1.54, 1.807) is 0 Å². The Balaban J connectivity index is 1.92. The van der Waals surface area contributed by atoms with Crippen LogP contribution in [-0.4, -0.2) is 17.4 Å². The number of imidazole rings is 1. The van der Waals surface area contributed by atoms with Crippen LogP contribution in [0.4, 0.5) is 0 Å². The largest absolute Gasteiger partial charge is 0.303 e. The second-order valence-corrected chi connectivity index (χ2v) is 7.53. The van der Waals surface area contributed by atoms with Gasteiger partial charge in [-0.3, -0.25) is 0 Å². The summed E-state index contributed by atoms with van der Waals surface area (Å²) in [6.07, 6.45) is 3.84. The van der Waals surface area contributed by atoms with Crippen LogP contribution in [-0.2, 0) is 5.41 Å². The van der Waals surface area contributed by atoms with E-state index in [4.69, 9.17) is 12.8 Å². The van der Waals surface area contributed by atoms with E-state index in [1.165, 1.54) is 0 Å². The van der Waals surface area contributed by atoms with Crippen molar-refractivity contribution in [2.24, 2.45) is 0 Å². The molecule has 0 bridgehead atoms. The van der Waals surface area contributed by atoms with E-state index >= 15 is 0 Å². The van der Waals surface area contributed by atoms with Gasteiger partial charge >= 0.3 is 0 Å². The minimum atomic E-state index is -0.616. The van der Waals surface area contributed by atoms with E-state index in [0.717, 1.165) is 28.2 Å². The van der Waals surface area contributed by atoms with Gasteiger partial charge in [-0.2, -0.15) is 0 Å². The van der Waals surface area contributed by atoms with Gasteiger partial charge in [0.2, 0.25) is 0 Å². The molecule has 0 N–H and O–H groups in total. The van der Waals surface area contributed by atoms with Gasteiger partial charge in [0.25, 0.3) is 0 Å². The molecule has 0 saturated heterocycles. The molecule has 5 aromatic rings. The van der Waals surface area contributed by atoms with Crippen LogP contribution in [0.25, 0.3) is 5.69 Å². The zero-order chi connectivity index (χ0) is 21.1. The predicted octanol–water partition coefficient (Wildman–Crippen LogP) is 5.05. The molecule has 1 aromatic heterocycles. The fourth-order valence-electron chi connectivity index (χ4n) is 4.43. The van der Waals surface area contributed by atoms with Crippen molar-refractivity contribution >= 4 is 13.3 Å². The summed E-state index contributed by atoms with van der Waals surface area (Å²) in [5.41, 5.74) is 4.46. The molecule has 0 saturated carbocycles. The first-order valence-corrected chi connectivity index (χ1v) is 10.4. The predicted molar refractivity (Wildman–Crippen MR) is 127 cm³/mol. The average Bonchev–Trinajstić information content (AvgIpc) is 3.32. The van der Waals surface area contributed by atoms with Crippen LogP contribution in [0.2, 0.25) is 0 Å². The molecular weight excluding hydrogens is 375 g/mol. The molecule has 146 valence electrons. The fraction of sp³-hybridized carbons (Fsp3) is 0.0357. The standard InChI is InChI=1S/C28H21BN2/c29-25-18-10-11-19-26(25)31-21-20-30-27(31)28(22-12-4-1-5-13-22,23-14-6-2-7-15-23)24-16-8-3-9-17-24/h1-21H. The molecule has 1 heterocycles. The monoisotopic (exact) mass is 396 g/mol. The van der Waals surface area contributed by atoms with E-state index < -0.39 is 5.41 Å². The van der Waals surface area contributed by atoms with Crippen LogP contribution >= 0.6 is 0 Å². The zero-order valence-electron chi connectivity index (χ0n) is 17.1. The molecule has 2 radical (unpaired) electrons. The number of hydrogen-bond donors (Lipinski definition) is 0. The molecular formula is C28H21BN2. The van der Waals surface area contributed by atoms with Crippen molar-refractivity contribution in [1.29, 1.82) is 0 Å².